The third-order valence-corrected chi connectivity index (χ3v) is 3.35. The summed E-state index contributed by atoms with van der Waals surface area (Å²) in [6.07, 6.45) is 3.94. The maximum atomic E-state index is 12.0. The molecule has 0 spiro atoms. The number of nitrogens with one attached hydrogen (secondary N) is 2. The molecule has 1 atom stereocenters. The third kappa shape index (κ3) is 4.11. The van der Waals surface area contributed by atoms with Gasteiger partial charge in [0.15, 0.2) is 0 Å². The zero-order chi connectivity index (χ0) is 13.0. The molecule has 1 heterocycles. The summed E-state index contributed by atoms with van der Waals surface area (Å²) in [6, 6.07) is 5.19. The van der Waals surface area contributed by atoms with E-state index in [1.807, 2.05) is 19.1 Å². The molecule has 1 aromatic carbocycles. The van der Waals surface area contributed by atoms with E-state index in [4.69, 9.17) is 0 Å². The van der Waals surface area contributed by atoms with E-state index >= 15 is 0 Å². The minimum atomic E-state index is -0.136. The van der Waals surface area contributed by atoms with Crippen LogP contribution in [0, 0.1) is 0 Å². The van der Waals surface area contributed by atoms with Crippen LogP contribution in [0.2, 0.25) is 0 Å². The van der Waals surface area contributed by atoms with E-state index < -0.39 is 0 Å². The molecule has 106 valence electrons. The summed E-state index contributed by atoms with van der Waals surface area (Å²) >= 11 is 0. The van der Waals surface area contributed by atoms with Crippen molar-refractivity contribution in [2.24, 2.45) is 0 Å². The first kappa shape index (κ1) is 15.8. The highest BCUT2D eigenvalue weighted by atomic mass is 35.5. The van der Waals surface area contributed by atoms with Gasteiger partial charge < -0.3 is 15.7 Å². The normalized spacial score (nSPS) is 18.5. The predicted molar refractivity (Wildman–Crippen MR) is 79.0 cm³/mol. The molecule has 2 rings (SSSR count). The fourth-order valence-electron chi connectivity index (χ4n) is 2.20. The lowest BCUT2D eigenvalue weighted by molar-refractivity contribution is -0.118. The van der Waals surface area contributed by atoms with Crippen LogP contribution in [0.1, 0.15) is 31.7 Å². The van der Waals surface area contributed by atoms with Crippen LogP contribution in [-0.2, 0) is 11.2 Å². The Morgan fingerprint density at radius 2 is 2.26 bits per heavy atom. The van der Waals surface area contributed by atoms with Crippen molar-refractivity contribution in [3.05, 3.63) is 23.8 Å². The summed E-state index contributed by atoms with van der Waals surface area (Å²) < 4.78 is 0. The van der Waals surface area contributed by atoms with Crippen molar-refractivity contribution in [3.63, 3.8) is 0 Å². The zero-order valence-corrected chi connectivity index (χ0v) is 11.9. The molecule has 3 N–H and O–H groups in total. The first-order chi connectivity index (χ1) is 8.70. The largest absolute Gasteiger partial charge is 0.506 e. The summed E-state index contributed by atoms with van der Waals surface area (Å²) in [4.78, 5) is 12.0. The number of carbonyl (C=O) groups excluding carboxylic acids is 1. The van der Waals surface area contributed by atoms with Gasteiger partial charge in [0.1, 0.15) is 5.75 Å². The van der Waals surface area contributed by atoms with Gasteiger partial charge in [-0.25, -0.2) is 0 Å². The van der Waals surface area contributed by atoms with Crippen LogP contribution in [0.5, 0.6) is 5.75 Å². The number of carbonyl (C=O) groups is 1. The predicted octanol–water partition coefficient (Wildman–Crippen LogP) is 2.46. The van der Waals surface area contributed by atoms with Crippen molar-refractivity contribution in [1.29, 1.82) is 0 Å². The van der Waals surface area contributed by atoms with E-state index in [1.165, 1.54) is 0 Å². The number of hydrogen-bond acceptors (Lipinski definition) is 3. The van der Waals surface area contributed by atoms with E-state index in [1.54, 1.807) is 6.07 Å². The molecule has 1 amide bonds. The minimum Gasteiger partial charge on any atom is -0.506 e. The number of piperidine rings is 1. The van der Waals surface area contributed by atoms with E-state index in [2.05, 4.69) is 10.6 Å². The average molecular weight is 285 g/mol. The number of anilines is 1. The van der Waals surface area contributed by atoms with Crippen LogP contribution < -0.4 is 10.6 Å². The molecule has 1 aromatic rings. The summed E-state index contributed by atoms with van der Waals surface area (Å²) in [6.45, 7) is 2.93. The second kappa shape index (κ2) is 7.36. The van der Waals surface area contributed by atoms with Gasteiger partial charge >= 0.3 is 0 Å². The molecule has 1 aliphatic rings. The molecule has 0 unspecified atom stereocenters. The molecule has 0 saturated carbocycles. The van der Waals surface area contributed by atoms with Gasteiger partial charge in [0.05, 0.1) is 11.7 Å². The molecule has 1 fully saturated rings. The number of phenolic OH excluding ortho intramolecular Hbond substituents is 1. The average Bonchev–Trinajstić information content (AvgIpc) is 2.42. The Hall–Kier alpha value is -1.26. The number of halogens is 1. The number of benzene rings is 1. The van der Waals surface area contributed by atoms with Crippen LogP contribution in [0.25, 0.3) is 0 Å². The van der Waals surface area contributed by atoms with Crippen LogP contribution in [0.3, 0.4) is 0 Å². The van der Waals surface area contributed by atoms with Crippen LogP contribution in [-0.4, -0.2) is 23.6 Å². The maximum Gasteiger partial charge on any atom is 0.241 e. The van der Waals surface area contributed by atoms with E-state index in [0.717, 1.165) is 37.8 Å². The van der Waals surface area contributed by atoms with Gasteiger partial charge in [-0.1, -0.05) is 19.4 Å². The second-order valence-corrected chi connectivity index (χ2v) is 4.70. The van der Waals surface area contributed by atoms with Crippen LogP contribution in [0.15, 0.2) is 18.2 Å². The van der Waals surface area contributed by atoms with Crippen molar-refractivity contribution in [2.45, 2.75) is 38.6 Å². The Bertz CT molecular complexity index is 431. The van der Waals surface area contributed by atoms with E-state index in [-0.39, 0.29) is 30.1 Å². The number of aryl methyl sites for hydroxylation is 1. The maximum absolute atomic E-state index is 12.0. The van der Waals surface area contributed by atoms with Gasteiger partial charge in [0.25, 0.3) is 0 Å². The van der Waals surface area contributed by atoms with Gasteiger partial charge in [-0.2, -0.15) is 0 Å². The third-order valence-electron chi connectivity index (χ3n) is 3.35. The van der Waals surface area contributed by atoms with Gasteiger partial charge in [0, 0.05) is 0 Å². The van der Waals surface area contributed by atoms with Gasteiger partial charge in [-0.05, 0) is 43.5 Å². The summed E-state index contributed by atoms with van der Waals surface area (Å²) in [7, 11) is 0. The lowest BCUT2D eigenvalue weighted by Gasteiger charge is -2.22. The summed E-state index contributed by atoms with van der Waals surface area (Å²) in [5.41, 5.74) is 1.60. The molecule has 4 nitrogen and oxygen atoms in total. The smallest absolute Gasteiger partial charge is 0.241 e. The lowest BCUT2D eigenvalue weighted by atomic mass is 10.0. The first-order valence-electron chi connectivity index (χ1n) is 6.57. The minimum absolute atomic E-state index is 0. The molecule has 19 heavy (non-hydrogen) atoms. The van der Waals surface area contributed by atoms with Crippen molar-refractivity contribution in [2.75, 3.05) is 11.9 Å². The van der Waals surface area contributed by atoms with Crippen molar-refractivity contribution in [3.8, 4) is 5.75 Å². The fourth-order valence-corrected chi connectivity index (χ4v) is 2.20. The molecular weight excluding hydrogens is 264 g/mol. The fraction of sp³-hybridized carbons (Fsp3) is 0.500. The van der Waals surface area contributed by atoms with E-state index in [9.17, 15) is 9.90 Å². The standard InChI is InChI=1S/C14H20N2O2.ClH/c1-2-10-6-7-13(17)12(9-10)16-14(18)11-5-3-4-8-15-11;/h6-7,9,11,15,17H,2-5,8H2,1H3,(H,16,18);1H/t11-;/m0./s1. The van der Waals surface area contributed by atoms with Gasteiger partial charge in [-0.15, -0.1) is 12.4 Å². The first-order valence-corrected chi connectivity index (χ1v) is 6.57. The van der Waals surface area contributed by atoms with Crippen molar-refractivity contribution < 1.29 is 9.90 Å². The van der Waals surface area contributed by atoms with E-state index in [0.29, 0.717) is 5.69 Å². The second-order valence-electron chi connectivity index (χ2n) is 4.70. The SMILES string of the molecule is CCc1ccc(O)c(NC(=O)[C@@H]2CCCCN2)c1.Cl. The number of phenols is 1. The van der Waals surface area contributed by atoms with Crippen molar-refractivity contribution >= 4 is 24.0 Å². The zero-order valence-electron chi connectivity index (χ0n) is 11.1. The monoisotopic (exact) mass is 284 g/mol. The molecule has 0 radical (unpaired) electrons. The van der Waals surface area contributed by atoms with Crippen LogP contribution in [0.4, 0.5) is 5.69 Å². The number of aromatic hydroxyl groups is 1. The molecule has 1 aliphatic heterocycles. The van der Waals surface area contributed by atoms with Crippen LogP contribution >= 0.6 is 12.4 Å². The van der Waals surface area contributed by atoms with Gasteiger partial charge in [-0.3, -0.25) is 4.79 Å². The summed E-state index contributed by atoms with van der Waals surface area (Å²) in [5, 5.41) is 15.7. The highest BCUT2D eigenvalue weighted by Crippen LogP contribution is 2.25. The Kier molecular flexibility index (Phi) is 6.12. The van der Waals surface area contributed by atoms with Crippen molar-refractivity contribution in [1.82, 2.24) is 5.32 Å². The molecule has 0 bridgehead atoms. The Morgan fingerprint density at radius 3 is 2.89 bits per heavy atom. The molecule has 1 saturated heterocycles. The topological polar surface area (TPSA) is 61.4 Å². The molecule has 0 aliphatic carbocycles. The molecular formula is C14H21ClN2O2. The number of amides is 1. The highest BCUT2D eigenvalue weighted by molar-refractivity contribution is 5.96. The highest BCUT2D eigenvalue weighted by Gasteiger charge is 2.21. The Balaban J connectivity index is 0.00000180. The quantitative estimate of drug-likeness (QED) is 0.747. The summed E-state index contributed by atoms with van der Waals surface area (Å²) in [5.74, 6) is 0.0645. The Morgan fingerprint density at radius 1 is 1.47 bits per heavy atom. The number of hydrogen-bond donors (Lipinski definition) is 3. The molecule has 5 heteroatoms. The molecule has 0 aromatic heterocycles. The lowest BCUT2D eigenvalue weighted by Crippen LogP contribution is -2.43. The Labute approximate surface area is 120 Å². The number of rotatable bonds is 3. The van der Waals surface area contributed by atoms with Gasteiger partial charge in [0.2, 0.25) is 5.91 Å².